The molecule has 1 heterocycles. The smallest absolute Gasteiger partial charge is 0.313 e. The number of nitrogens with zero attached hydrogens (tertiary/aromatic N) is 1. The van der Waals surface area contributed by atoms with Gasteiger partial charge in [0.1, 0.15) is 11.4 Å². The van der Waals surface area contributed by atoms with Crippen LogP contribution in [0.1, 0.15) is 11.5 Å². The van der Waals surface area contributed by atoms with Gasteiger partial charge in [0.2, 0.25) is 0 Å². The molecular weight excluding hydrogens is 198 g/mol. The van der Waals surface area contributed by atoms with Gasteiger partial charge in [0.15, 0.2) is 12.0 Å². The Morgan fingerprint density at radius 3 is 3.00 bits per heavy atom. The van der Waals surface area contributed by atoms with Gasteiger partial charge in [0.25, 0.3) is 0 Å². The molecule has 0 aliphatic heterocycles. The second-order valence-electron chi connectivity index (χ2n) is 3.15. The quantitative estimate of drug-likeness (QED) is 0.784. The van der Waals surface area contributed by atoms with Gasteiger partial charge >= 0.3 is 5.97 Å². The molecule has 5 heteroatoms. The molecular formula is C10H9NO4. The molecule has 2 N–H and O–H groups in total. The van der Waals surface area contributed by atoms with E-state index in [1.165, 1.54) is 6.39 Å². The summed E-state index contributed by atoms with van der Waals surface area (Å²) < 4.78 is 5.05. The third-order valence-electron chi connectivity index (χ3n) is 2.24. The molecule has 5 nitrogen and oxygen atoms in total. The van der Waals surface area contributed by atoms with Crippen LogP contribution in [0.2, 0.25) is 0 Å². The third kappa shape index (κ3) is 1.69. The van der Waals surface area contributed by atoms with Crippen LogP contribution in [0.3, 0.4) is 0 Å². The summed E-state index contributed by atoms with van der Waals surface area (Å²) in [5.74, 6) is -1.98. The molecule has 15 heavy (non-hydrogen) atoms. The average molecular weight is 207 g/mol. The lowest BCUT2D eigenvalue weighted by atomic mass is 10.00. The zero-order valence-electron chi connectivity index (χ0n) is 7.75. The number of hydrogen-bond acceptors (Lipinski definition) is 4. The number of carbonyl (C=O) groups is 1. The minimum Gasteiger partial charge on any atom is -0.481 e. The van der Waals surface area contributed by atoms with Crippen molar-refractivity contribution in [1.29, 1.82) is 0 Å². The number of rotatable bonds is 3. The highest BCUT2D eigenvalue weighted by atomic mass is 16.4. The van der Waals surface area contributed by atoms with Gasteiger partial charge in [-0.2, -0.15) is 0 Å². The molecule has 0 spiro atoms. The van der Waals surface area contributed by atoms with Crippen molar-refractivity contribution in [2.75, 3.05) is 6.61 Å². The average Bonchev–Trinajstić information content (AvgIpc) is 2.65. The summed E-state index contributed by atoms with van der Waals surface area (Å²) in [5.41, 5.74) is 1.70. The Labute approximate surface area is 85.0 Å². The lowest BCUT2D eigenvalue weighted by Crippen LogP contribution is -2.15. The Morgan fingerprint density at radius 1 is 1.53 bits per heavy atom. The number of hydrogen-bond donors (Lipinski definition) is 2. The minimum atomic E-state index is -1.06. The number of benzene rings is 1. The van der Waals surface area contributed by atoms with Gasteiger partial charge in [-0.3, -0.25) is 4.79 Å². The zero-order chi connectivity index (χ0) is 10.8. The van der Waals surface area contributed by atoms with Gasteiger partial charge in [0, 0.05) is 0 Å². The number of aromatic nitrogens is 1. The molecule has 0 amide bonds. The van der Waals surface area contributed by atoms with Crippen LogP contribution in [-0.4, -0.2) is 27.8 Å². The maximum atomic E-state index is 10.8. The zero-order valence-corrected chi connectivity index (χ0v) is 7.75. The predicted octanol–water partition coefficient (Wildman–Crippen LogP) is 0.988. The summed E-state index contributed by atoms with van der Waals surface area (Å²) in [6.07, 6.45) is 1.29. The second kappa shape index (κ2) is 3.70. The minimum absolute atomic E-state index is 0.436. The third-order valence-corrected chi connectivity index (χ3v) is 2.24. The van der Waals surface area contributed by atoms with Crippen LogP contribution in [0.15, 0.2) is 29.0 Å². The van der Waals surface area contributed by atoms with E-state index < -0.39 is 18.5 Å². The molecule has 78 valence electrons. The molecule has 1 aromatic carbocycles. The highest BCUT2D eigenvalue weighted by molar-refractivity contribution is 5.79. The summed E-state index contributed by atoms with van der Waals surface area (Å²) in [6.45, 7) is -0.436. The molecule has 0 aliphatic rings. The van der Waals surface area contributed by atoms with Crippen LogP contribution in [0.25, 0.3) is 11.1 Å². The molecule has 0 saturated heterocycles. The molecule has 2 rings (SSSR count). The van der Waals surface area contributed by atoms with Crippen LogP contribution in [-0.2, 0) is 4.79 Å². The van der Waals surface area contributed by atoms with Gasteiger partial charge in [0.05, 0.1) is 6.61 Å². The van der Waals surface area contributed by atoms with Crippen molar-refractivity contribution in [2.24, 2.45) is 0 Å². The molecule has 0 radical (unpaired) electrons. The Balaban J connectivity index is 2.46. The van der Waals surface area contributed by atoms with Crippen molar-refractivity contribution in [3.8, 4) is 0 Å². The lowest BCUT2D eigenvalue weighted by Gasteiger charge is -2.08. The number of aliphatic carboxylic acids is 1. The number of oxazole rings is 1. The van der Waals surface area contributed by atoms with Crippen molar-refractivity contribution in [2.45, 2.75) is 5.92 Å². The van der Waals surface area contributed by atoms with Crippen molar-refractivity contribution in [1.82, 2.24) is 4.98 Å². The summed E-state index contributed by atoms with van der Waals surface area (Å²) in [6, 6.07) is 4.87. The Morgan fingerprint density at radius 2 is 2.33 bits per heavy atom. The first-order valence-corrected chi connectivity index (χ1v) is 4.39. The number of aliphatic hydroxyl groups excluding tert-OH is 1. The van der Waals surface area contributed by atoms with Crippen molar-refractivity contribution in [3.05, 3.63) is 30.2 Å². The van der Waals surface area contributed by atoms with Crippen LogP contribution < -0.4 is 0 Å². The van der Waals surface area contributed by atoms with Crippen molar-refractivity contribution in [3.63, 3.8) is 0 Å². The van der Waals surface area contributed by atoms with E-state index in [9.17, 15) is 4.79 Å². The second-order valence-corrected chi connectivity index (χ2v) is 3.15. The van der Waals surface area contributed by atoms with Gasteiger partial charge in [-0.05, 0) is 17.7 Å². The van der Waals surface area contributed by atoms with E-state index in [2.05, 4.69) is 4.98 Å². The van der Waals surface area contributed by atoms with Crippen LogP contribution >= 0.6 is 0 Å². The van der Waals surface area contributed by atoms with E-state index >= 15 is 0 Å². The molecule has 1 aromatic heterocycles. The number of carboxylic acid groups (broad SMARTS) is 1. The van der Waals surface area contributed by atoms with E-state index in [0.717, 1.165) is 0 Å². The Bertz CT molecular complexity index is 491. The van der Waals surface area contributed by atoms with Gasteiger partial charge in [-0.15, -0.1) is 0 Å². The lowest BCUT2D eigenvalue weighted by molar-refractivity contribution is -0.139. The highest BCUT2D eigenvalue weighted by Gasteiger charge is 2.19. The number of carboxylic acids is 1. The molecule has 0 bridgehead atoms. The fourth-order valence-electron chi connectivity index (χ4n) is 1.41. The maximum Gasteiger partial charge on any atom is 0.313 e. The van der Waals surface area contributed by atoms with E-state index in [1.807, 2.05) is 0 Å². The topological polar surface area (TPSA) is 83.6 Å². The standard InChI is InChI=1S/C10H9NO4/c12-4-7(10(13)14)6-1-2-8-9(3-6)15-5-11-8/h1-3,5,7,12H,4H2,(H,13,14). The maximum absolute atomic E-state index is 10.8. The summed E-state index contributed by atoms with van der Waals surface area (Å²) in [4.78, 5) is 14.7. The Hall–Kier alpha value is -1.88. The van der Waals surface area contributed by atoms with Gasteiger partial charge < -0.3 is 14.6 Å². The molecule has 2 aromatic rings. The molecule has 0 saturated carbocycles. The first-order valence-electron chi connectivity index (χ1n) is 4.39. The first-order chi connectivity index (χ1) is 7.22. The monoisotopic (exact) mass is 207 g/mol. The molecule has 1 atom stereocenters. The van der Waals surface area contributed by atoms with Crippen molar-refractivity contribution < 1.29 is 19.4 Å². The SMILES string of the molecule is O=C(O)C(CO)c1ccc2ncoc2c1. The molecule has 1 unspecified atom stereocenters. The number of aliphatic hydroxyl groups is 1. The van der Waals surface area contributed by atoms with Gasteiger partial charge in [-0.25, -0.2) is 4.98 Å². The van der Waals surface area contributed by atoms with E-state index in [-0.39, 0.29) is 0 Å². The van der Waals surface area contributed by atoms with Crippen LogP contribution in [0.4, 0.5) is 0 Å². The normalized spacial score (nSPS) is 12.9. The van der Waals surface area contributed by atoms with E-state index in [0.29, 0.717) is 16.7 Å². The summed E-state index contributed by atoms with van der Waals surface area (Å²) in [5, 5.41) is 17.8. The predicted molar refractivity (Wildman–Crippen MR) is 51.5 cm³/mol. The van der Waals surface area contributed by atoms with Crippen LogP contribution in [0.5, 0.6) is 0 Å². The van der Waals surface area contributed by atoms with Crippen molar-refractivity contribution >= 4 is 17.1 Å². The summed E-state index contributed by atoms with van der Waals surface area (Å²) >= 11 is 0. The fourth-order valence-corrected chi connectivity index (χ4v) is 1.41. The molecule has 0 aliphatic carbocycles. The summed E-state index contributed by atoms with van der Waals surface area (Å²) in [7, 11) is 0. The van der Waals surface area contributed by atoms with Crippen LogP contribution in [0, 0.1) is 0 Å². The van der Waals surface area contributed by atoms with Gasteiger partial charge in [-0.1, -0.05) is 6.07 Å². The first kappa shape index (κ1) is 9.67. The van der Waals surface area contributed by atoms with E-state index in [1.54, 1.807) is 18.2 Å². The fraction of sp³-hybridized carbons (Fsp3) is 0.200. The molecule has 0 fully saturated rings. The van der Waals surface area contributed by atoms with E-state index in [4.69, 9.17) is 14.6 Å². The Kier molecular flexibility index (Phi) is 2.39. The highest BCUT2D eigenvalue weighted by Crippen LogP contribution is 2.21. The number of fused-ring (bicyclic) bond motifs is 1. The largest absolute Gasteiger partial charge is 0.481 e.